The first-order valence-electron chi connectivity index (χ1n) is 8.65. The number of alkyl halides is 3. The topological polar surface area (TPSA) is 84.2 Å². The average Bonchev–Trinajstić information content (AvgIpc) is 2.72. The van der Waals surface area contributed by atoms with Crippen LogP contribution in [0.25, 0.3) is 16.9 Å². The average molecular weight is 438 g/mol. The molecule has 0 bridgehead atoms. The molecule has 1 amide bonds. The minimum absolute atomic E-state index is 0.233. The zero-order valence-corrected chi connectivity index (χ0v) is 16.0. The first-order valence-corrected chi connectivity index (χ1v) is 9.03. The molecule has 0 fully saturated rings. The number of hydrogen-bond acceptors (Lipinski definition) is 4. The van der Waals surface area contributed by atoms with Crippen molar-refractivity contribution in [3.05, 3.63) is 81.6 Å². The highest BCUT2D eigenvalue weighted by Crippen LogP contribution is 2.21. The molecule has 0 aliphatic heterocycles. The van der Waals surface area contributed by atoms with E-state index in [1.54, 1.807) is 54.6 Å². The van der Waals surface area contributed by atoms with Crippen molar-refractivity contribution in [1.82, 2.24) is 15.1 Å². The Balaban J connectivity index is 2.05. The number of hydrogen-bond donors (Lipinski definition) is 2. The maximum Gasteiger partial charge on any atom is 0.416 e. The van der Waals surface area contributed by atoms with Gasteiger partial charge in [0.25, 0.3) is 11.5 Å². The van der Waals surface area contributed by atoms with Crippen molar-refractivity contribution >= 4 is 17.5 Å². The molecule has 2 N–H and O–H groups in total. The van der Waals surface area contributed by atoms with Gasteiger partial charge in [0.05, 0.1) is 17.9 Å². The van der Waals surface area contributed by atoms with E-state index in [-0.39, 0.29) is 5.69 Å². The normalized spacial score (nSPS) is 12.4. The van der Waals surface area contributed by atoms with E-state index in [1.165, 1.54) is 6.07 Å². The molecule has 0 aliphatic carbocycles. The maximum atomic E-state index is 12.8. The first kappa shape index (κ1) is 21.5. The van der Waals surface area contributed by atoms with Crippen molar-refractivity contribution in [3.63, 3.8) is 0 Å². The van der Waals surface area contributed by atoms with Crippen LogP contribution in [-0.2, 0) is 0 Å². The van der Waals surface area contributed by atoms with E-state index in [9.17, 15) is 22.8 Å². The fourth-order valence-corrected chi connectivity index (χ4v) is 2.69. The van der Waals surface area contributed by atoms with E-state index in [4.69, 9.17) is 16.7 Å². The quantitative estimate of drug-likeness (QED) is 0.642. The van der Waals surface area contributed by atoms with Gasteiger partial charge in [-0.1, -0.05) is 41.9 Å². The summed E-state index contributed by atoms with van der Waals surface area (Å²) in [5.41, 5.74) is -0.112. The number of nitrogens with one attached hydrogen (secondary N) is 1. The van der Waals surface area contributed by atoms with Gasteiger partial charge in [-0.05, 0) is 30.3 Å². The second kappa shape index (κ2) is 8.68. The van der Waals surface area contributed by atoms with E-state index in [0.717, 1.165) is 4.68 Å². The van der Waals surface area contributed by atoms with Crippen LogP contribution < -0.4 is 10.9 Å². The fourth-order valence-electron chi connectivity index (χ4n) is 2.56. The monoisotopic (exact) mass is 437 g/mol. The zero-order chi connectivity index (χ0) is 21.9. The van der Waals surface area contributed by atoms with Gasteiger partial charge in [-0.25, -0.2) is 0 Å². The van der Waals surface area contributed by atoms with Gasteiger partial charge in [0.15, 0.2) is 6.10 Å². The van der Waals surface area contributed by atoms with Gasteiger partial charge in [-0.3, -0.25) is 9.59 Å². The summed E-state index contributed by atoms with van der Waals surface area (Å²) in [4.78, 5) is 25.3. The SMILES string of the molecule is O=C(NC[C@H](O)C(F)(F)F)c1cc(-c2ccc(Cl)cc2)nn(-c2ccccc2)c1=O. The molecule has 1 atom stereocenters. The summed E-state index contributed by atoms with van der Waals surface area (Å²) >= 11 is 5.89. The second-order valence-corrected chi connectivity index (χ2v) is 6.71. The van der Waals surface area contributed by atoms with Gasteiger partial charge in [0.1, 0.15) is 5.56 Å². The van der Waals surface area contributed by atoms with Crippen molar-refractivity contribution in [2.45, 2.75) is 12.3 Å². The van der Waals surface area contributed by atoms with Crippen molar-refractivity contribution in [3.8, 4) is 16.9 Å². The van der Waals surface area contributed by atoms with Crippen molar-refractivity contribution in [1.29, 1.82) is 0 Å². The highest BCUT2D eigenvalue weighted by Gasteiger charge is 2.38. The molecule has 0 aliphatic rings. The van der Waals surface area contributed by atoms with Crippen LogP contribution in [0, 0.1) is 0 Å². The van der Waals surface area contributed by atoms with Crippen LogP contribution in [0.3, 0.4) is 0 Å². The number of nitrogens with zero attached hydrogens (tertiary/aromatic N) is 2. The predicted molar refractivity (Wildman–Crippen MR) is 105 cm³/mol. The van der Waals surface area contributed by atoms with Crippen molar-refractivity contribution < 1.29 is 23.1 Å². The van der Waals surface area contributed by atoms with Crippen molar-refractivity contribution in [2.24, 2.45) is 0 Å². The summed E-state index contributed by atoms with van der Waals surface area (Å²) in [5.74, 6) is -1.06. The standard InChI is InChI=1S/C20H15ClF3N3O3/c21-13-8-6-12(7-9-13)16-10-15(18(29)25-11-17(28)20(22,23)24)19(30)27(26-16)14-4-2-1-3-5-14/h1-10,17,28H,11H2,(H,25,29)/t17-/m0/s1. The van der Waals surface area contributed by atoms with Gasteiger partial charge < -0.3 is 10.4 Å². The van der Waals surface area contributed by atoms with Crippen LogP contribution in [0.4, 0.5) is 13.2 Å². The van der Waals surface area contributed by atoms with Crippen LogP contribution in [0.2, 0.25) is 5.02 Å². The zero-order valence-electron chi connectivity index (χ0n) is 15.2. The Morgan fingerprint density at radius 3 is 2.37 bits per heavy atom. The Bertz CT molecular complexity index is 1100. The maximum absolute atomic E-state index is 12.8. The van der Waals surface area contributed by atoms with Crippen LogP contribution in [0.5, 0.6) is 0 Å². The number of aliphatic hydroxyl groups excluding tert-OH is 1. The summed E-state index contributed by atoms with van der Waals surface area (Å²) in [6.45, 7) is -1.09. The summed E-state index contributed by atoms with van der Waals surface area (Å²) in [6, 6.07) is 15.9. The highest BCUT2D eigenvalue weighted by molar-refractivity contribution is 6.30. The minimum Gasteiger partial charge on any atom is -0.382 e. The summed E-state index contributed by atoms with van der Waals surface area (Å²) in [7, 11) is 0. The number of rotatable bonds is 5. The van der Waals surface area contributed by atoms with E-state index < -0.39 is 35.9 Å². The lowest BCUT2D eigenvalue weighted by Gasteiger charge is -2.15. The number of para-hydroxylation sites is 1. The van der Waals surface area contributed by atoms with E-state index in [2.05, 4.69) is 5.10 Å². The number of benzene rings is 2. The number of aromatic nitrogens is 2. The lowest BCUT2D eigenvalue weighted by Crippen LogP contribution is -2.42. The first-order chi connectivity index (χ1) is 14.2. The van der Waals surface area contributed by atoms with Gasteiger partial charge in [0, 0.05) is 10.6 Å². The summed E-state index contributed by atoms with van der Waals surface area (Å²) < 4.78 is 38.5. The molecule has 30 heavy (non-hydrogen) atoms. The molecule has 1 aromatic heterocycles. The number of halogens is 4. The Kier molecular flexibility index (Phi) is 6.23. The van der Waals surface area contributed by atoms with Gasteiger partial charge >= 0.3 is 6.18 Å². The largest absolute Gasteiger partial charge is 0.416 e. The van der Waals surface area contributed by atoms with Crippen LogP contribution in [-0.4, -0.2) is 39.6 Å². The number of carbonyl (C=O) groups is 1. The second-order valence-electron chi connectivity index (χ2n) is 6.27. The van der Waals surface area contributed by atoms with E-state index in [1.807, 2.05) is 5.32 Å². The lowest BCUT2D eigenvalue weighted by molar-refractivity contribution is -0.201. The van der Waals surface area contributed by atoms with Crippen LogP contribution >= 0.6 is 11.6 Å². The summed E-state index contributed by atoms with van der Waals surface area (Å²) in [5, 5.41) is 15.8. The molecule has 1 heterocycles. The molecular formula is C20H15ClF3N3O3. The number of amides is 1. The molecule has 0 radical (unpaired) electrons. The molecule has 3 rings (SSSR count). The Morgan fingerprint density at radius 2 is 1.77 bits per heavy atom. The third kappa shape index (κ3) is 4.87. The number of aliphatic hydroxyl groups is 1. The minimum atomic E-state index is -4.90. The fraction of sp³-hybridized carbons (Fsp3) is 0.150. The van der Waals surface area contributed by atoms with E-state index >= 15 is 0 Å². The van der Waals surface area contributed by atoms with Crippen LogP contribution in [0.1, 0.15) is 10.4 Å². The molecule has 0 saturated carbocycles. The Morgan fingerprint density at radius 1 is 1.13 bits per heavy atom. The van der Waals surface area contributed by atoms with E-state index in [0.29, 0.717) is 16.3 Å². The molecule has 0 saturated heterocycles. The Labute approximate surface area is 173 Å². The van der Waals surface area contributed by atoms with Gasteiger partial charge in [-0.2, -0.15) is 23.0 Å². The third-order valence-electron chi connectivity index (χ3n) is 4.13. The molecule has 0 spiro atoms. The summed E-state index contributed by atoms with van der Waals surface area (Å²) in [6.07, 6.45) is -7.65. The molecular weight excluding hydrogens is 423 g/mol. The molecule has 156 valence electrons. The third-order valence-corrected chi connectivity index (χ3v) is 4.38. The van der Waals surface area contributed by atoms with Gasteiger partial charge in [-0.15, -0.1) is 0 Å². The molecule has 3 aromatic rings. The van der Waals surface area contributed by atoms with Crippen molar-refractivity contribution in [2.75, 3.05) is 6.54 Å². The van der Waals surface area contributed by atoms with Gasteiger partial charge in [0.2, 0.25) is 0 Å². The highest BCUT2D eigenvalue weighted by atomic mass is 35.5. The molecule has 6 nitrogen and oxygen atoms in total. The Hall–Kier alpha value is -3.17. The lowest BCUT2D eigenvalue weighted by atomic mass is 10.1. The molecule has 0 unspecified atom stereocenters. The molecule has 10 heteroatoms. The smallest absolute Gasteiger partial charge is 0.382 e. The predicted octanol–water partition coefficient (Wildman–Crippen LogP) is 3.21. The number of carbonyl (C=O) groups excluding carboxylic acids is 1. The van der Waals surface area contributed by atoms with Crippen LogP contribution in [0.15, 0.2) is 65.5 Å². The molecule has 2 aromatic carbocycles.